The van der Waals surface area contributed by atoms with Crippen LogP contribution in [0.5, 0.6) is 0 Å². The third-order valence-electron chi connectivity index (χ3n) is 3.00. The highest BCUT2D eigenvalue weighted by atomic mass is 127. The van der Waals surface area contributed by atoms with Crippen molar-refractivity contribution in [3.63, 3.8) is 0 Å². The van der Waals surface area contributed by atoms with E-state index in [2.05, 4.69) is 43.8 Å². The van der Waals surface area contributed by atoms with Crippen LogP contribution in [0.1, 0.15) is 6.42 Å². The molecule has 1 atom stereocenters. The summed E-state index contributed by atoms with van der Waals surface area (Å²) in [7, 11) is 0. The topological polar surface area (TPSA) is 69.6 Å². The number of carboxylic acids is 1. The van der Waals surface area contributed by atoms with Gasteiger partial charge in [-0.05, 0) is 63.1 Å². The van der Waals surface area contributed by atoms with E-state index in [1.165, 1.54) is 4.90 Å². The van der Waals surface area contributed by atoms with E-state index in [4.69, 9.17) is 5.11 Å². The lowest BCUT2D eigenvalue weighted by atomic mass is 10.1. The molecule has 0 spiro atoms. The van der Waals surface area contributed by atoms with Crippen molar-refractivity contribution >= 4 is 56.2 Å². The first-order valence-corrected chi connectivity index (χ1v) is 7.58. The van der Waals surface area contributed by atoms with E-state index >= 15 is 0 Å². The first kappa shape index (κ1) is 14.6. The van der Waals surface area contributed by atoms with Gasteiger partial charge in [-0.3, -0.25) is 4.79 Å². The van der Waals surface area contributed by atoms with Gasteiger partial charge < -0.3 is 15.3 Å². The van der Waals surface area contributed by atoms with Crippen LogP contribution in [0.25, 0.3) is 0 Å². The number of urea groups is 1. The van der Waals surface area contributed by atoms with Crippen LogP contribution in [0.2, 0.25) is 0 Å². The normalized spacial score (nSPS) is 18.4. The monoisotopic (exact) mass is 438 g/mol. The summed E-state index contributed by atoms with van der Waals surface area (Å²) in [6.45, 7) is 0.755. The average molecular weight is 439 g/mol. The second-order valence-electron chi connectivity index (χ2n) is 4.33. The Kier molecular flexibility index (Phi) is 4.67. The molecule has 1 saturated heterocycles. The van der Waals surface area contributed by atoms with Crippen LogP contribution in [-0.2, 0) is 4.79 Å². The molecule has 1 aromatic rings. The van der Waals surface area contributed by atoms with Gasteiger partial charge in [0.2, 0.25) is 0 Å². The molecule has 2 rings (SSSR count). The highest BCUT2D eigenvalue weighted by Gasteiger charge is 2.30. The van der Waals surface area contributed by atoms with Gasteiger partial charge in [-0.2, -0.15) is 0 Å². The SMILES string of the molecule is O=C(O)C1CCN(C(=O)Nc2ccc(Br)c(I)c2)C1. The smallest absolute Gasteiger partial charge is 0.321 e. The number of nitrogens with one attached hydrogen (secondary N) is 1. The number of aliphatic carboxylic acids is 1. The Morgan fingerprint density at radius 3 is 2.79 bits per heavy atom. The van der Waals surface area contributed by atoms with Crippen molar-refractivity contribution in [2.75, 3.05) is 18.4 Å². The first-order chi connectivity index (χ1) is 8.97. The van der Waals surface area contributed by atoms with E-state index in [1.54, 1.807) is 6.07 Å². The molecule has 1 heterocycles. The summed E-state index contributed by atoms with van der Waals surface area (Å²) in [5, 5.41) is 11.7. The maximum atomic E-state index is 12.0. The lowest BCUT2D eigenvalue weighted by molar-refractivity contribution is -0.141. The number of rotatable bonds is 2. The van der Waals surface area contributed by atoms with Crippen molar-refractivity contribution in [2.24, 2.45) is 5.92 Å². The van der Waals surface area contributed by atoms with Gasteiger partial charge >= 0.3 is 12.0 Å². The number of nitrogens with zero attached hydrogens (tertiary/aromatic N) is 1. The van der Waals surface area contributed by atoms with Crippen LogP contribution in [0, 0.1) is 9.49 Å². The summed E-state index contributed by atoms with van der Waals surface area (Å²) in [5.41, 5.74) is 0.705. The molecule has 5 nitrogen and oxygen atoms in total. The highest BCUT2D eigenvalue weighted by molar-refractivity contribution is 14.1. The lowest BCUT2D eigenvalue weighted by Gasteiger charge is -2.17. The van der Waals surface area contributed by atoms with Gasteiger partial charge in [0.25, 0.3) is 0 Å². The Morgan fingerprint density at radius 1 is 1.47 bits per heavy atom. The third kappa shape index (κ3) is 3.59. The van der Waals surface area contributed by atoms with Crippen LogP contribution in [-0.4, -0.2) is 35.1 Å². The summed E-state index contributed by atoms with van der Waals surface area (Å²) in [5.74, 6) is -1.29. The molecule has 102 valence electrons. The zero-order chi connectivity index (χ0) is 14.0. The average Bonchev–Trinajstić information content (AvgIpc) is 2.83. The van der Waals surface area contributed by atoms with Gasteiger partial charge in [0.1, 0.15) is 0 Å². The van der Waals surface area contributed by atoms with Crippen LogP contribution < -0.4 is 5.32 Å². The zero-order valence-corrected chi connectivity index (χ0v) is 13.6. The Hall–Kier alpha value is -0.830. The Labute approximate surface area is 132 Å². The third-order valence-corrected chi connectivity index (χ3v) is 5.32. The molecule has 0 aromatic heterocycles. The molecule has 1 aliphatic rings. The van der Waals surface area contributed by atoms with E-state index in [9.17, 15) is 9.59 Å². The largest absolute Gasteiger partial charge is 0.481 e. The van der Waals surface area contributed by atoms with E-state index in [0.717, 1.165) is 8.04 Å². The predicted octanol–water partition coefficient (Wildman–Crippen LogP) is 2.99. The number of halogens is 2. The number of likely N-dealkylation sites (tertiary alicyclic amines) is 1. The molecule has 2 amide bonds. The molecule has 1 aliphatic heterocycles. The minimum absolute atomic E-state index is 0.248. The molecule has 0 aliphatic carbocycles. The number of carboxylic acid groups (broad SMARTS) is 1. The van der Waals surface area contributed by atoms with Crippen LogP contribution in [0.3, 0.4) is 0 Å². The van der Waals surface area contributed by atoms with E-state index in [1.807, 2.05) is 12.1 Å². The molecule has 1 fully saturated rings. The van der Waals surface area contributed by atoms with Gasteiger partial charge in [-0.1, -0.05) is 0 Å². The maximum Gasteiger partial charge on any atom is 0.321 e. The Balaban J connectivity index is 1.98. The standard InChI is InChI=1S/C12H12BrIN2O3/c13-9-2-1-8(5-10(9)14)15-12(19)16-4-3-7(6-16)11(17)18/h1-2,5,7H,3-4,6H2,(H,15,19)(H,17,18). The van der Waals surface area contributed by atoms with Gasteiger partial charge in [0, 0.05) is 26.8 Å². The fourth-order valence-electron chi connectivity index (χ4n) is 1.92. The van der Waals surface area contributed by atoms with E-state index < -0.39 is 11.9 Å². The van der Waals surface area contributed by atoms with Gasteiger partial charge in [-0.15, -0.1) is 0 Å². The van der Waals surface area contributed by atoms with Gasteiger partial charge in [-0.25, -0.2) is 4.79 Å². The molecule has 1 aromatic carbocycles. The fraction of sp³-hybridized carbons (Fsp3) is 0.333. The maximum absolute atomic E-state index is 12.0. The molecule has 0 saturated carbocycles. The van der Waals surface area contributed by atoms with Crippen molar-refractivity contribution in [2.45, 2.75) is 6.42 Å². The number of benzene rings is 1. The molecule has 19 heavy (non-hydrogen) atoms. The summed E-state index contributed by atoms with van der Waals surface area (Å²) in [6, 6.07) is 5.27. The number of hydrogen-bond donors (Lipinski definition) is 2. The van der Waals surface area contributed by atoms with Crippen LogP contribution >= 0.6 is 38.5 Å². The van der Waals surface area contributed by atoms with Gasteiger partial charge in [0.05, 0.1) is 5.92 Å². The van der Waals surface area contributed by atoms with Crippen LogP contribution in [0.15, 0.2) is 22.7 Å². The molecular formula is C12H12BrIN2O3. The molecule has 0 radical (unpaired) electrons. The Morgan fingerprint density at radius 2 is 2.21 bits per heavy atom. The number of carbonyl (C=O) groups excluding carboxylic acids is 1. The first-order valence-electron chi connectivity index (χ1n) is 5.71. The van der Waals surface area contributed by atoms with Crippen LogP contribution in [0.4, 0.5) is 10.5 Å². The summed E-state index contributed by atoms with van der Waals surface area (Å²) in [6.07, 6.45) is 0.515. The number of hydrogen-bond acceptors (Lipinski definition) is 2. The molecular weight excluding hydrogens is 427 g/mol. The van der Waals surface area contributed by atoms with Crippen molar-refractivity contribution in [1.82, 2.24) is 4.90 Å². The summed E-state index contributed by atoms with van der Waals surface area (Å²) in [4.78, 5) is 24.4. The highest BCUT2D eigenvalue weighted by Crippen LogP contribution is 2.23. The number of carbonyl (C=O) groups is 2. The predicted molar refractivity (Wildman–Crippen MR) is 83.2 cm³/mol. The summed E-state index contributed by atoms with van der Waals surface area (Å²) >= 11 is 5.56. The minimum Gasteiger partial charge on any atom is -0.481 e. The minimum atomic E-state index is -0.839. The molecule has 2 N–H and O–H groups in total. The second kappa shape index (κ2) is 6.08. The molecule has 1 unspecified atom stereocenters. The number of anilines is 1. The summed E-state index contributed by atoms with van der Waals surface area (Å²) < 4.78 is 1.97. The van der Waals surface area contributed by atoms with E-state index in [-0.39, 0.29) is 12.6 Å². The zero-order valence-electron chi connectivity index (χ0n) is 9.90. The second-order valence-corrected chi connectivity index (χ2v) is 6.35. The Bertz CT molecular complexity index is 524. The molecule has 0 bridgehead atoms. The van der Waals surface area contributed by atoms with E-state index in [0.29, 0.717) is 18.7 Å². The van der Waals surface area contributed by atoms with Crippen molar-refractivity contribution in [3.05, 3.63) is 26.2 Å². The molecule has 7 heteroatoms. The quantitative estimate of drug-likeness (QED) is 0.697. The van der Waals surface area contributed by atoms with Crippen molar-refractivity contribution in [1.29, 1.82) is 0 Å². The van der Waals surface area contributed by atoms with Crippen molar-refractivity contribution < 1.29 is 14.7 Å². The van der Waals surface area contributed by atoms with Crippen molar-refractivity contribution in [3.8, 4) is 0 Å². The number of amides is 2. The van der Waals surface area contributed by atoms with Gasteiger partial charge in [0.15, 0.2) is 0 Å². The lowest BCUT2D eigenvalue weighted by Crippen LogP contribution is -2.33. The fourth-order valence-corrected chi connectivity index (χ4v) is 2.68.